The number of carbonyl (C=O) groups is 1. The predicted molar refractivity (Wildman–Crippen MR) is 144 cm³/mol. The van der Waals surface area contributed by atoms with E-state index in [0.29, 0.717) is 47.0 Å². The van der Waals surface area contributed by atoms with Gasteiger partial charge < -0.3 is 18.9 Å². The first-order chi connectivity index (χ1) is 18.7. The van der Waals surface area contributed by atoms with Crippen molar-refractivity contribution in [1.82, 2.24) is 0 Å². The smallest absolute Gasteiger partial charge is 0.306 e. The van der Waals surface area contributed by atoms with E-state index in [0.717, 1.165) is 5.56 Å². The molecule has 0 spiro atoms. The number of ether oxygens (including phenoxy) is 4. The van der Waals surface area contributed by atoms with E-state index in [1.54, 1.807) is 42.5 Å². The number of fused-ring (bicyclic) bond motifs is 1. The number of sulfone groups is 1. The number of carbonyl (C=O) groups excluding carboxylic acids is 1. The van der Waals surface area contributed by atoms with Gasteiger partial charge in [-0.2, -0.15) is 0 Å². The normalized spacial score (nSPS) is 14.0. The van der Waals surface area contributed by atoms with Crippen molar-refractivity contribution in [2.75, 3.05) is 32.3 Å². The van der Waals surface area contributed by atoms with Crippen molar-refractivity contribution in [3.63, 3.8) is 0 Å². The van der Waals surface area contributed by atoms with E-state index < -0.39 is 15.7 Å². The molecule has 204 valence electrons. The molecule has 0 saturated heterocycles. The van der Waals surface area contributed by atoms with Gasteiger partial charge in [0.15, 0.2) is 0 Å². The SMILES string of the molecule is COC(=O)CC1COc2cc(OCc3cc(C#Cc4cccc(OCCCS(C)(=O)=O)c4)ccc3F)ccc21. The zero-order chi connectivity index (χ0) is 27.8. The molecule has 3 aromatic carbocycles. The van der Waals surface area contributed by atoms with Crippen LogP contribution in [0.2, 0.25) is 0 Å². The lowest BCUT2D eigenvalue weighted by atomic mass is 9.98. The summed E-state index contributed by atoms with van der Waals surface area (Å²) in [4.78, 5) is 11.6. The Morgan fingerprint density at radius 2 is 1.79 bits per heavy atom. The highest BCUT2D eigenvalue weighted by atomic mass is 32.2. The van der Waals surface area contributed by atoms with Gasteiger partial charge in [0.05, 0.1) is 32.5 Å². The summed E-state index contributed by atoms with van der Waals surface area (Å²) in [6.07, 6.45) is 1.85. The molecule has 0 saturated carbocycles. The van der Waals surface area contributed by atoms with Gasteiger partial charge in [-0.25, -0.2) is 12.8 Å². The largest absolute Gasteiger partial charge is 0.494 e. The van der Waals surface area contributed by atoms with Crippen molar-refractivity contribution in [2.24, 2.45) is 0 Å². The van der Waals surface area contributed by atoms with Crippen molar-refractivity contribution in [3.05, 3.63) is 88.7 Å². The molecule has 0 N–H and O–H groups in total. The van der Waals surface area contributed by atoms with Crippen molar-refractivity contribution in [2.45, 2.75) is 25.4 Å². The van der Waals surface area contributed by atoms with Crippen LogP contribution in [0.3, 0.4) is 0 Å². The third kappa shape index (κ3) is 8.23. The van der Waals surface area contributed by atoms with Gasteiger partial charge in [0.1, 0.15) is 39.5 Å². The highest BCUT2D eigenvalue weighted by Crippen LogP contribution is 2.38. The third-order valence-corrected chi connectivity index (χ3v) is 7.09. The molecule has 4 rings (SSSR count). The third-order valence-electron chi connectivity index (χ3n) is 6.06. The number of benzene rings is 3. The van der Waals surface area contributed by atoms with E-state index in [9.17, 15) is 17.6 Å². The molecule has 3 aromatic rings. The van der Waals surface area contributed by atoms with Crippen molar-refractivity contribution in [1.29, 1.82) is 0 Å². The number of hydrogen-bond donors (Lipinski definition) is 0. The van der Waals surface area contributed by atoms with Crippen LogP contribution in [0.5, 0.6) is 17.2 Å². The molecule has 1 aliphatic rings. The van der Waals surface area contributed by atoms with Gasteiger partial charge in [-0.05, 0) is 48.9 Å². The van der Waals surface area contributed by atoms with Crippen LogP contribution in [0.15, 0.2) is 60.7 Å². The first-order valence-electron chi connectivity index (χ1n) is 12.4. The number of halogens is 1. The highest BCUT2D eigenvalue weighted by Gasteiger charge is 2.27. The van der Waals surface area contributed by atoms with Gasteiger partial charge in [0, 0.05) is 40.5 Å². The summed E-state index contributed by atoms with van der Waals surface area (Å²) in [7, 11) is -1.66. The summed E-state index contributed by atoms with van der Waals surface area (Å²) < 4.78 is 58.9. The van der Waals surface area contributed by atoms with Gasteiger partial charge in [-0.3, -0.25) is 4.79 Å². The molecule has 0 amide bonds. The van der Waals surface area contributed by atoms with Crippen LogP contribution in [0, 0.1) is 17.7 Å². The Bertz CT molecular complexity index is 1510. The van der Waals surface area contributed by atoms with Crippen LogP contribution in [0.4, 0.5) is 4.39 Å². The monoisotopic (exact) mass is 552 g/mol. The van der Waals surface area contributed by atoms with Crippen LogP contribution >= 0.6 is 0 Å². The number of methoxy groups -OCH3 is 1. The van der Waals surface area contributed by atoms with Gasteiger partial charge >= 0.3 is 5.97 Å². The van der Waals surface area contributed by atoms with E-state index in [-0.39, 0.29) is 37.3 Å². The fourth-order valence-corrected chi connectivity index (χ4v) is 4.69. The Labute approximate surface area is 227 Å². The maximum atomic E-state index is 14.5. The Hall–Kier alpha value is -4.03. The van der Waals surface area contributed by atoms with E-state index >= 15 is 0 Å². The first-order valence-corrected chi connectivity index (χ1v) is 14.4. The lowest BCUT2D eigenvalue weighted by Crippen LogP contribution is -2.09. The number of hydrogen-bond acceptors (Lipinski definition) is 7. The summed E-state index contributed by atoms with van der Waals surface area (Å²) in [5.74, 6) is 7.15. The average molecular weight is 553 g/mol. The Morgan fingerprint density at radius 1 is 1.03 bits per heavy atom. The molecular weight excluding hydrogens is 523 g/mol. The lowest BCUT2D eigenvalue weighted by Gasteiger charge is -2.10. The van der Waals surface area contributed by atoms with Crippen LogP contribution in [-0.2, 0) is 26.0 Å². The molecule has 9 heteroatoms. The van der Waals surface area contributed by atoms with Gasteiger partial charge in [-0.1, -0.05) is 24.0 Å². The van der Waals surface area contributed by atoms with Crippen molar-refractivity contribution < 1.29 is 36.6 Å². The summed E-state index contributed by atoms with van der Waals surface area (Å²) >= 11 is 0. The van der Waals surface area contributed by atoms with Gasteiger partial charge in [-0.15, -0.1) is 0 Å². The van der Waals surface area contributed by atoms with Crippen LogP contribution in [0.25, 0.3) is 0 Å². The zero-order valence-corrected chi connectivity index (χ0v) is 22.6. The topological polar surface area (TPSA) is 88.1 Å². The summed E-state index contributed by atoms with van der Waals surface area (Å²) in [5, 5.41) is 0. The standard InChI is InChI=1S/C30H29FO7S/c1-35-30(32)17-23-19-38-29-18-26(10-11-27(23)29)37-20-24-15-22(9-12-28(24)31)8-7-21-5-3-6-25(16-21)36-13-4-14-39(2,33)34/h3,5-6,9-12,15-16,18,23H,4,13-14,17,19-20H2,1-2H3. The van der Waals surface area contributed by atoms with Crippen molar-refractivity contribution in [3.8, 4) is 29.1 Å². The number of rotatable bonds is 10. The summed E-state index contributed by atoms with van der Waals surface area (Å²) in [6, 6.07) is 17.1. The molecule has 0 bridgehead atoms. The molecule has 1 atom stereocenters. The summed E-state index contributed by atoms with van der Waals surface area (Å²) in [6.45, 7) is 0.680. The minimum atomic E-state index is -3.02. The Balaban J connectivity index is 1.37. The Morgan fingerprint density at radius 3 is 2.56 bits per heavy atom. The Kier molecular flexibility index (Phi) is 9.10. The number of esters is 1. The van der Waals surface area contributed by atoms with E-state index in [2.05, 4.69) is 11.8 Å². The molecule has 0 radical (unpaired) electrons. The maximum absolute atomic E-state index is 14.5. The fraction of sp³-hybridized carbons (Fsp3) is 0.300. The van der Waals surface area contributed by atoms with Gasteiger partial charge in [0.2, 0.25) is 0 Å². The molecule has 0 aromatic heterocycles. The molecular formula is C30H29FO7S. The molecule has 1 heterocycles. The van der Waals surface area contributed by atoms with Crippen molar-refractivity contribution >= 4 is 15.8 Å². The molecule has 0 aliphatic carbocycles. The minimum Gasteiger partial charge on any atom is -0.494 e. The average Bonchev–Trinajstić information content (AvgIpc) is 3.31. The molecule has 1 aliphatic heterocycles. The fourth-order valence-electron chi connectivity index (χ4n) is 4.04. The predicted octanol–water partition coefficient (Wildman–Crippen LogP) is 4.66. The second kappa shape index (κ2) is 12.7. The first kappa shape index (κ1) is 28.0. The van der Waals surface area contributed by atoms with E-state index in [4.69, 9.17) is 18.9 Å². The van der Waals surface area contributed by atoms with Crippen LogP contribution in [0.1, 0.15) is 41.0 Å². The second-order valence-corrected chi connectivity index (χ2v) is 11.5. The molecule has 7 nitrogen and oxygen atoms in total. The quantitative estimate of drug-likeness (QED) is 0.205. The van der Waals surface area contributed by atoms with Crippen LogP contribution in [-0.4, -0.2) is 46.7 Å². The van der Waals surface area contributed by atoms with E-state index in [1.807, 2.05) is 12.1 Å². The second-order valence-electron chi connectivity index (χ2n) is 9.19. The highest BCUT2D eigenvalue weighted by molar-refractivity contribution is 7.90. The zero-order valence-electron chi connectivity index (χ0n) is 21.7. The molecule has 0 fully saturated rings. The molecule has 39 heavy (non-hydrogen) atoms. The van der Waals surface area contributed by atoms with E-state index in [1.165, 1.54) is 19.4 Å². The lowest BCUT2D eigenvalue weighted by molar-refractivity contribution is -0.141. The minimum absolute atomic E-state index is 0.00251. The molecule has 1 unspecified atom stereocenters. The van der Waals surface area contributed by atoms with Crippen LogP contribution < -0.4 is 14.2 Å². The summed E-state index contributed by atoms with van der Waals surface area (Å²) in [5.41, 5.74) is 2.60. The maximum Gasteiger partial charge on any atom is 0.306 e. The van der Waals surface area contributed by atoms with Gasteiger partial charge in [0.25, 0.3) is 0 Å².